The fraction of sp³-hybridized carbons (Fsp3) is 0.278. The second kappa shape index (κ2) is 5.34. The molecule has 3 heteroatoms. The highest BCUT2D eigenvalue weighted by molar-refractivity contribution is 5.79. The SMILES string of the molecule is CC[C@@H](N)c1ccc(-n2cnc3cc(C)c(C)cc32)cc1. The predicted molar refractivity (Wildman–Crippen MR) is 87.8 cm³/mol. The zero-order valence-electron chi connectivity index (χ0n) is 12.8. The van der Waals surface area contributed by atoms with Gasteiger partial charge < -0.3 is 5.73 Å². The van der Waals surface area contributed by atoms with Gasteiger partial charge in [0.2, 0.25) is 0 Å². The van der Waals surface area contributed by atoms with Crippen molar-refractivity contribution in [1.82, 2.24) is 9.55 Å². The number of hydrogen-bond donors (Lipinski definition) is 1. The van der Waals surface area contributed by atoms with Gasteiger partial charge in [-0.25, -0.2) is 4.98 Å². The minimum Gasteiger partial charge on any atom is -0.324 e. The summed E-state index contributed by atoms with van der Waals surface area (Å²) in [6.07, 6.45) is 2.84. The van der Waals surface area contributed by atoms with Crippen molar-refractivity contribution in [3.05, 3.63) is 59.4 Å². The quantitative estimate of drug-likeness (QED) is 0.786. The molecule has 108 valence electrons. The van der Waals surface area contributed by atoms with Gasteiger partial charge in [-0.2, -0.15) is 0 Å². The van der Waals surface area contributed by atoms with Crippen LogP contribution in [0.25, 0.3) is 16.7 Å². The molecule has 1 aromatic heterocycles. The van der Waals surface area contributed by atoms with Crippen LogP contribution in [-0.2, 0) is 0 Å². The number of hydrogen-bond acceptors (Lipinski definition) is 2. The van der Waals surface area contributed by atoms with E-state index >= 15 is 0 Å². The summed E-state index contributed by atoms with van der Waals surface area (Å²) in [5.74, 6) is 0. The molecule has 0 aliphatic heterocycles. The van der Waals surface area contributed by atoms with Crippen molar-refractivity contribution in [1.29, 1.82) is 0 Å². The van der Waals surface area contributed by atoms with Crippen LogP contribution in [0.15, 0.2) is 42.7 Å². The van der Waals surface area contributed by atoms with Crippen LogP contribution in [0, 0.1) is 13.8 Å². The summed E-state index contributed by atoms with van der Waals surface area (Å²) >= 11 is 0. The summed E-state index contributed by atoms with van der Waals surface area (Å²) in [6.45, 7) is 6.36. The molecule has 0 saturated heterocycles. The molecular weight excluding hydrogens is 258 g/mol. The molecule has 3 rings (SSSR count). The number of nitrogens with two attached hydrogens (primary N) is 1. The monoisotopic (exact) mass is 279 g/mol. The summed E-state index contributed by atoms with van der Waals surface area (Å²) < 4.78 is 2.13. The molecule has 3 nitrogen and oxygen atoms in total. The molecule has 0 amide bonds. The lowest BCUT2D eigenvalue weighted by Crippen LogP contribution is -2.08. The topological polar surface area (TPSA) is 43.8 Å². The Morgan fingerprint density at radius 2 is 1.76 bits per heavy atom. The minimum absolute atomic E-state index is 0.114. The lowest BCUT2D eigenvalue weighted by atomic mass is 10.1. The van der Waals surface area contributed by atoms with Crippen LogP contribution in [0.1, 0.15) is 36.1 Å². The number of rotatable bonds is 3. The van der Waals surface area contributed by atoms with Crippen molar-refractivity contribution in [2.75, 3.05) is 0 Å². The van der Waals surface area contributed by atoms with Crippen molar-refractivity contribution in [3.8, 4) is 5.69 Å². The first-order valence-corrected chi connectivity index (χ1v) is 7.40. The van der Waals surface area contributed by atoms with Crippen LogP contribution in [0.2, 0.25) is 0 Å². The van der Waals surface area contributed by atoms with Crippen molar-refractivity contribution in [2.45, 2.75) is 33.2 Å². The third-order valence-corrected chi connectivity index (χ3v) is 4.20. The molecule has 0 aliphatic carbocycles. The van der Waals surface area contributed by atoms with Gasteiger partial charge >= 0.3 is 0 Å². The van der Waals surface area contributed by atoms with Crippen LogP contribution in [0.5, 0.6) is 0 Å². The lowest BCUT2D eigenvalue weighted by molar-refractivity contribution is 0.698. The van der Waals surface area contributed by atoms with Gasteiger partial charge in [-0.05, 0) is 61.2 Å². The molecule has 0 spiro atoms. The summed E-state index contributed by atoms with van der Waals surface area (Å²) in [7, 11) is 0. The van der Waals surface area contributed by atoms with Crippen molar-refractivity contribution < 1.29 is 0 Å². The van der Waals surface area contributed by atoms with Crippen molar-refractivity contribution in [2.24, 2.45) is 5.73 Å². The number of nitrogens with zero attached hydrogens (tertiary/aromatic N) is 2. The van der Waals surface area contributed by atoms with E-state index in [1.165, 1.54) is 16.7 Å². The fourth-order valence-electron chi connectivity index (χ4n) is 2.59. The molecule has 2 aromatic carbocycles. The molecule has 2 N–H and O–H groups in total. The summed E-state index contributed by atoms with van der Waals surface area (Å²) in [5.41, 5.74) is 13.1. The Morgan fingerprint density at radius 1 is 1.10 bits per heavy atom. The maximum Gasteiger partial charge on any atom is 0.100 e. The fourth-order valence-corrected chi connectivity index (χ4v) is 2.59. The highest BCUT2D eigenvalue weighted by atomic mass is 15.0. The molecular formula is C18H21N3. The van der Waals surface area contributed by atoms with Gasteiger partial charge in [-0.3, -0.25) is 4.57 Å². The van der Waals surface area contributed by atoms with E-state index in [4.69, 9.17) is 5.73 Å². The normalized spacial score (nSPS) is 12.8. The lowest BCUT2D eigenvalue weighted by Gasteiger charge is -2.11. The number of aromatic nitrogens is 2. The number of benzene rings is 2. The number of imidazole rings is 1. The second-order valence-corrected chi connectivity index (χ2v) is 5.65. The van der Waals surface area contributed by atoms with E-state index < -0.39 is 0 Å². The first kappa shape index (κ1) is 13.8. The summed E-state index contributed by atoms with van der Waals surface area (Å²) in [4.78, 5) is 4.51. The van der Waals surface area contributed by atoms with Gasteiger partial charge in [-0.1, -0.05) is 19.1 Å². The maximum atomic E-state index is 6.07. The van der Waals surface area contributed by atoms with E-state index in [-0.39, 0.29) is 6.04 Å². The van der Waals surface area contributed by atoms with E-state index in [1.54, 1.807) is 0 Å². The molecule has 0 fully saturated rings. The van der Waals surface area contributed by atoms with E-state index in [9.17, 15) is 0 Å². The largest absolute Gasteiger partial charge is 0.324 e. The summed E-state index contributed by atoms with van der Waals surface area (Å²) in [6, 6.07) is 12.9. The third kappa shape index (κ3) is 2.45. The van der Waals surface area contributed by atoms with Crippen LogP contribution in [0.3, 0.4) is 0 Å². The first-order valence-electron chi connectivity index (χ1n) is 7.40. The first-order chi connectivity index (χ1) is 10.1. The Kier molecular flexibility index (Phi) is 3.52. The third-order valence-electron chi connectivity index (χ3n) is 4.20. The van der Waals surface area contributed by atoms with Crippen molar-refractivity contribution in [3.63, 3.8) is 0 Å². The van der Waals surface area contributed by atoms with Gasteiger partial charge in [0.1, 0.15) is 6.33 Å². The van der Waals surface area contributed by atoms with Crippen LogP contribution in [0.4, 0.5) is 0 Å². The maximum absolute atomic E-state index is 6.07. The Bertz CT molecular complexity index is 769. The van der Waals surface area contributed by atoms with Crippen LogP contribution in [-0.4, -0.2) is 9.55 Å². The standard InChI is InChI=1S/C18H21N3/c1-4-16(19)14-5-7-15(8-6-14)21-11-20-17-9-12(2)13(3)10-18(17)21/h5-11,16H,4,19H2,1-3H3/t16-/m1/s1. The molecule has 0 bridgehead atoms. The molecule has 1 heterocycles. The second-order valence-electron chi connectivity index (χ2n) is 5.65. The molecule has 1 atom stereocenters. The predicted octanol–water partition coefficient (Wildman–Crippen LogP) is 4.05. The average Bonchev–Trinajstić information content (AvgIpc) is 2.90. The highest BCUT2D eigenvalue weighted by Crippen LogP contribution is 2.23. The molecule has 21 heavy (non-hydrogen) atoms. The van der Waals surface area contributed by atoms with Crippen LogP contribution < -0.4 is 5.73 Å². The van der Waals surface area contributed by atoms with Gasteiger partial charge in [0, 0.05) is 11.7 Å². The van der Waals surface area contributed by atoms with E-state index in [1.807, 2.05) is 6.33 Å². The molecule has 3 aromatic rings. The summed E-state index contributed by atoms with van der Waals surface area (Å²) in [5, 5.41) is 0. The Balaban J connectivity index is 2.06. The molecule has 0 saturated carbocycles. The Morgan fingerprint density at radius 3 is 2.43 bits per heavy atom. The Labute approximate surface area is 125 Å². The van der Waals surface area contributed by atoms with Crippen LogP contribution >= 0.6 is 0 Å². The van der Waals surface area contributed by atoms with Gasteiger partial charge in [0.05, 0.1) is 11.0 Å². The molecule has 0 unspecified atom stereocenters. The zero-order chi connectivity index (χ0) is 15.0. The molecule has 0 radical (unpaired) electrons. The highest BCUT2D eigenvalue weighted by Gasteiger charge is 2.08. The zero-order valence-corrected chi connectivity index (χ0v) is 12.8. The van der Waals surface area contributed by atoms with Crippen molar-refractivity contribution >= 4 is 11.0 Å². The average molecular weight is 279 g/mol. The van der Waals surface area contributed by atoms with E-state index in [0.717, 1.165) is 23.1 Å². The van der Waals surface area contributed by atoms with E-state index in [0.29, 0.717) is 0 Å². The molecule has 0 aliphatic rings. The smallest absolute Gasteiger partial charge is 0.100 e. The number of aryl methyl sites for hydroxylation is 2. The van der Waals surface area contributed by atoms with E-state index in [2.05, 4.69) is 66.7 Å². The minimum atomic E-state index is 0.114. The Hall–Kier alpha value is -2.13. The van der Waals surface area contributed by atoms with Gasteiger partial charge in [0.15, 0.2) is 0 Å². The van der Waals surface area contributed by atoms with Gasteiger partial charge in [-0.15, -0.1) is 0 Å². The number of fused-ring (bicyclic) bond motifs is 1. The van der Waals surface area contributed by atoms with Gasteiger partial charge in [0.25, 0.3) is 0 Å².